The van der Waals surface area contributed by atoms with Gasteiger partial charge in [0.05, 0.1) is 17.9 Å². The monoisotopic (exact) mass is 347 g/mol. The third-order valence-electron chi connectivity index (χ3n) is 5.66. The molecule has 1 aliphatic carbocycles. The van der Waals surface area contributed by atoms with E-state index in [1.165, 1.54) is 0 Å². The number of piperidine rings is 2. The summed E-state index contributed by atoms with van der Waals surface area (Å²) in [6, 6.07) is 15.7. The van der Waals surface area contributed by atoms with Gasteiger partial charge in [0.2, 0.25) is 11.8 Å². The van der Waals surface area contributed by atoms with E-state index in [0.29, 0.717) is 18.5 Å². The number of nitrogens with zero attached hydrogens (tertiary/aromatic N) is 1. The molecule has 3 fully saturated rings. The van der Waals surface area contributed by atoms with Crippen LogP contribution < -0.4 is 15.5 Å². The van der Waals surface area contributed by atoms with Crippen LogP contribution in [0.2, 0.25) is 0 Å². The molecule has 2 aromatic rings. The molecule has 130 valence electrons. The molecule has 6 nitrogen and oxygen atoms in total. The van der Waals surface area contributed by atoms with E-state index in [1.807, 2.05) is 48.5 Å². The van der Waals surface area contributed by atoms with E-state index >= 15 is 0 Å². The molecule has 4 aliphatic rings. The molecule has 0 spiro atoms. The second kappa shape index (κ2) is 5.17. The van der Waals surface area contributed by atoms with Crippen LogP contribution in [0.3, 0.4) is 0 Å². The Balaban J connectivity index is 1.64. The van der Waals surface area contributed by atoms with Crippen LogP contribution in [0.5, 0.6) is 0 Å². The first-order valence-electron chi connectivity index (χ1n) is 8.71. The number of carbonyl (C=O) groups excluding carboxylic acids is 3. The number of imide groups is 1. The zero-order valence-corrected chi connectivity index (χ0v) is 14.0. The summed E-state index contributed by atoms with van der Waals surface area (Å²) in [6.45, 7) is 0.129. The Morgan fingerprint density at radius 1 is 0.962 bits per heavy atom. The molecular formula is C20H17N3O3. The maximum Gasteiger partial charge on any atom is 0.252 e. The van der Waals surface area contributed by atoms with E-state index in [4.69, 9.17) is 0 Å². The van der Waals surface area contributed by atoms with Crippen LogP contribution >= 0.6 is 0 Å². The van der Waals surface area contributed by atoms with E-state index in [-0.39, 0.29) is 30.2 Å². The molecule has 2 N–H and O–H groups in total. The molecule has 0 radical (unpaired) electrons. The number of benzene rings is 2. The fraction of sp³-hybridized carbons (Fsp3) is 0.250. The molecular weight excluding hydrogens is 330 g/mol. The fourth-order valence-electron chi connectivity index (χ4n) is 4.36. The van der Waals surface area contributed by atoms with Crippen LogP contribution in [0.4, 0.5) is 11.4 Å². The summed E-state index contributed by atoms with van der Waals surface area (Å²) in [4.78, 5) is 38.8. The highest BCUT2D eigenvalue weighted by Crippen LogP contribution is 2.51. The van der Waals surface area contributed by atoms with Gasteiger partial charge in [0.25, 0.3) is 5.91 Å². The van der Waals surface area contributed by atoms with E-state index in [9.17, 15) is 14.4 Å². The summed E-state index contributed by atoms with van der Waals surface area (Å²) in [5, 5.41) is 5.64. The molecule has 3 heterocycles. The van der Waals surface area contributed by atoms with Crippen molar-refractivity contribution in [1.82, 2.24) is 5.32 Å². The van der Waals surface area contributed by atoms with Gasteiger partial charge >= 0.3 is 0 Å². The molecule has 3 amide bonds. The molecule has 0 unspecified atom stereocenters. The van der Waals surface area contributed by atoms with E-state index in [0.717, 1.165) is 16.8 Å². The number of amides is 3. The average Bonchev–Trinajstić information content (AvgIpc) is 2.61. The number of para-hydroxylation sites is 1. The first kappa shape index (κ1) is 15.1. The Bertz CT molecular complexity index is 948. The van der Waals surface area contributed by atoms with Gasteiger partial charge in [0.15, 0.2) is 0 Å². The Morgan fingerprint density at radius 2 is 1.73 bits per heavy atom. The molecule has 26 heavy (non-hydrogen) atoms. The van der Waals surface area contributed by atoms with E-state index in [2.05, 4.69) is 10.6 Å². The van der Waals surface area contributed by atoms with Gasteiger partial charge in [-0.05, 0) is 24.5 Å². The van der Waals surface area contributed by atoms with Crippen LogP contribution in [0, 0.1) is 5.92 Å². The summed E-state index contributed by atoms with van der Waals surface area (Å²) in [5.41, 5.74) is 2.63. The maximum atomic E-state index is 12.8. The van der Waals surface area contributed by atoms with Crippen molar-refractivity contribution in [3.05, 3.63) is 48.5 Å². The van der Waals surface area contributed by atoms with Gasteiger partial charge in [-0.2, -0.15) is 0 Å². The van der Waals surface area contributed by atoms with Crippen molar-refractivity contribution in [2.75, 3.05) is 16.8 Å². The highest BCUT2D eigenvalue weighted by molar-refractivity contribution is 6.16. The lowest BCUT2D eigenvalue weighted by Crippen LogP contribution is -2.75. The minimum atomic E-state index is -0.943. The number of anilines is 2. The average molecular weight is 347 g/mol. The second-order valence-electron chi connectivity index (χ2n) is 7.10. The quantitative estimate of drug-likeness (QED) is 0.814. The Morgan fingerprint density at radius 3 is 2.46 bits per heavy atom. The molecule has 2 aromatic carbocycles. The van der Waals surface area contributed by atoms with Crippen molar-refractivity contribution in [1.29, 1.82) is 0 Å². The number of hydrogen-bond donors (Lipinski definition) is 2. The third-order valence-corrected chi connectivity index (χ3v) is 5.66. The normalized spacial score (nSPS) is 26.5. The van der Waals surface area contributed by atoms with Crippen LogP contribution in [0.15, 0.2) is 48.5 Å². The number of fused-ring (bicyclic) bond motifs is 3. The lowest BCUT2D eigenvalue weighted by molar-refractivity contribution is -0.152. The van der Waals surface area contributed by atoms with Crippen molar-refractivity contribution < 1.29 is 14.4 Å². The first-order chi connectivity index (χ1) is 12.6. The number of rotatable bonds is 2. The lowest BCUT2D eigenvalue weighted by atomic mass is 9.63. The lowest BCUT2D eigenvalue weighted by Gasteiger charge is -2.56. The van der Waals surface area contributed by atoms with Gasteiger partial charge in [-0.3, -0.25) is 24.6 Å². The van der Waals surface area contributed by atoms with Crippen LogP contribution in [0.25, 0.3) is 11.1 Å². The summed E-state index contributed by atoms with van der Waals surface area (Å²) in [5.74, 6) is -0.921. The summed E-state index contributed by atoms with van der Waals surface area (Å²) in [7, 11) is 0. The molecule has 3 aliphatic heterocycles. The van der Waals surface area contributed by atoms with Crippen molar-refractivity contribution >= 4 is 29.1 Å². The van der Waals surface area contributed by atoms with Crippen LogP contribution in [-0.4, -0.2) is 29.8 Å². The van der Waals surface area contributed by atoms with Gasteiger partial charge in [0.1, 0.15) is 5.54 Å². The van der Waals surface area contributed by atoms with E-state index < -0.39 is 5.54 Å². The predicted octanol–water partition coefficient (Wildman–Crippen LogP) is 1.92. The topological polar surface area (TPSA) is 78.5 Å². The first-order valence-corrected chi connectivity index (χ1v) is 8.71. The van der Waals surface area contributed by atoms with Gasteiger partial charge in [0, 0.05) is 11.5 Å². The highest BCUT2D eigenvalue weighted by atomic mass is 16.2. The number of carbonyl (C=O) groups is 3. The van der Waals surface area contributed by atoms with Crippen LogP contribution in [0.1, 0.15) is 12.8 Å². The van der Waals surface area contributed by atoms with Gasteiger partial charge in [-0.25, -0.2) is 0 Å². The summed E-state index contributed by atoms with van der Waals surface area (Å²) >= 11 is 0. The maximum absolute atomic E-state index is 12.8. The van der Waals surface area contributed by atoms with Crippen molar-refractivity contribution in [2.24, 2.45) is 5.92 Å². The molecule has 6 rings (SSSR count). The fourth-order valence-corrected chi connectivity index (χ4v) is 4.36. The SMILES string of the molecule is O=C1NC(=O)C2(N3C(=O)CNc4c(-c5ccccc5)cccc43)CC1C2. The molecule has 0 atom stereocenters. The Kier molecular flexibility index (Phi) is 3.01. The largest absolute Gasteiger partial charge is 0.374 e. The highest BCUT2D eigenvalue weighted by Gasteiger charge is 2.63. The van der Waals surface area contributed by atoms with Gasteiger partial charge in [-0.1, -0.05) is 42.5 Å². The molecule has 2 saturated heterocycles. The smallest absolute Gasteiger partial charge is 0.252 e. The predicted molar refractivity (Wildman–Crippen MR) is 96.5 cm³/mol. The Hall–Kier alpha value is -3.15. The van der Waals surface area contributed by atoms with E-state index in [1.54, 1.807) is 4.90 Å². The van der Waals surface area contributed by atoms with Gasteiger partial charge < -0.3 is 5.32 Å². The van der Waals surface area contributed by atoms with Crippen molar-refractivity contribution in [3.8, 4) is 11.1 Å². The van der Waals surface area contributed by atoms with Crippen molar-refractivity contribution in [2.45, 2.75) is 18.4 Å². The standard InChI is InChI=1S/C20H17N3O3/c24-16-11-21-17-14(12-5-2-1-3-6-12)7-4-8-15(17)23(16)20-9-13(10-20)18(25)22-19(20)26/h1-8,13,21H,9-11H2,(H,22,25,26). The second-order valence-corrected chi connectivity index (χ2v) is 7.10. The summed E-state index contributed by atoms with van der Waals surface area (Å²) in [6.07, 6.45) is 0.802. The van der Waals surface area contributed by atoms with Crippen LogP contribution in [-0.2, 0) is 14.4 Å². The van der Waals surface area contributed by atoms with Crippen molar-refractivity contribution in [3.63, 3.8) is 0 Å². The molecule has 2 bridgehead atoms. The molecule has 6 heteroatoms. The Labute approximate surface area is 150 Å². The zero-order chi connectivity index (χ0) is 17.9. The molecule has 1 saturated carbocycles. The summed E-state index contributed by atoms with van der Waals surface area (Å²) < 4.78 is 0. The van der Waals surface area contributed by atoms with Gasteiger partial charge in [-0.15, -0.1) is 0 Å². The molecule has 0 aromatic heterocycles. The third kappa shape index (κ3) is 1.89. The zero-order valence-electron chi connectivity index (χ0n) is 14.0. The minimum absolute atomic E-state index is 0.129. The number of nitrogens with one attached hydrogen (secondary N) is 2. The minimum Gasteiger partial charge on any atom is -0.374 e. The number of hydrogen-bond acceptors (Lipinski definition) is 4.